The summed E-state index contributed by atoms with van der Waals surface area (Å²) >= 11 is 0. The van der Waals surface area contributed by atoms with Crippen LogP contribution in [0.3, 0.4) is 0 Å². The highest BCUT2D eigenvalue weighted by molar-refractivity contribution is 6.04. The molecule has 0 spiro atoms. The molecule has 0 fully saturated rings. The lowest BCUT2D eigenvalue weighted by Crippen LogP contribution is -2.11. The number of amides is 1. The molecule has 0 unspecified atom stereocenters. The van der Waals surface area contributed by atoms with Gasteiger partial charge in [0.2, 0.25) is 0 Å². The van der Waals surface area contributed by atoms with Crippen molar-refractivity contribution in [2.45, 2.75) is 13.7 Å². The van der Waals surface area contributed by atoms with Crippen molar-refractivity contribution in [3.05, 3.63) is 48.0 Å². The maximum absolute atomic E-state index is 12.7. The molecule has 100 valence electrons. The average Bonchev–Trinajstić information content (AvgIpc) is 2.84. The summed E-state index contributed by atoms with van der Waals surface area (Å²) in [5.41, 5.74) is 0.952. The predicted octanol–water partition coefficient (Wildman–Crippen LogP) is 2.27. The minimum Gasteiger partial charge on any atom is -0.360 e. The number of aromatic nitrogens is 2. The SMILES string of the molecule is CCOCn1cc(NC(=O)c2ccc(F)cc2)cn1. The zero-order valence-electron chi connectivity index (χ0n) is 10.5. The normalized spacial score (nSPS) is 10.4. The highest BCUT2D eigenvalue weighted by Gasteiger charge is 2.07. The van der Waals surface area contributed by atoms with E-state index in [9.17, 15) is 9.18 Å². The molecule has 0 saturated carbocycles. The number of hydrogen-bond donors (Lipinski definition) is 1. The van der Waals surface area contributed by atoms with E-state index >= 15 is 0 Å². The van der Waals surface area contributed by atoms with Crippen molar-refractivity contribution in [1.82, 2.24) is 9.78 Å². The number of benzene rings is 1. The predicted molar refractivity (Wildman–Crippen MR) is 68.2 cm³/mol. The fourth-order valence-electron chi connectivity index (χ4n) is 1.49. The van der Waals surface area contributed by atoms with E-state index in [2.05, 4.69) is 10.4 Å². The van der Waals surface area contributed by atoms with Gasteiger partial charge >= 0.3 is 0 Å². The molecule has 1 heterocycles. The minimum absolute atomic E-state index is 0.309. The van der Waals surface area contributed by atoms with Gasteiger partial charge in [0.15, 0.2) is 0 Å². The Kier molecular flexibility index (Phi) is 4.25. The molecule has 2 rings (SSSR count). The van der Waals surface area contributed by atoms with E-state index < -0.39 is 0 Å². The zero-order valence-corrected chi connectivity index (χ0v) is 10.5. The van der Waals surface area contributed by atoms with Crippen LogP contribution in [-0.2, 0) is 11.5 Å². The van der Waals surface area contributed by atoms with Gasteiger partial charge in [-0.2, -0.15) is 5.10 Å². The summed E-state index contributed by atoms with van der Waals surface area (Å²) in [4.78, 5) is 11.8. The minimum atomic E-state index is -0.374. The lowest BCUT2D eigenvalue weighted by molar-refractivity contribution is 0.0792. The highest BCUT2D eigenvalue weighted by Crippen LogP contribution is 2.09. The van der Waals surface area contributed by atoms with E-state index in [4.69, 9.17) is 4.74 Å². The van der Waals surface area contributed by atoms with Crippen molar-refractivity contribution >= 4 is 11.6 Å². The number of hydrogen-bond acceptors (Lipinski definition) is 3. The van der Waals surface area contributed by atoms with Crippen molar-refractivity contribution in [2.24, 2.45) is 0 Å². The van der Waals surface area contributed by atoms with Crippen LogP contribution in [0.2, 0.25) is 0 Å². The van der Waals surface area contributed by atoms with Crippen LogP contribution in [0.1, 0.15) is 17.3 Å². The second-order valence-electron chi connectivity index (χ2n) is 3.85. The molecular weight excluding hydrogens is 249 g/mol. The second kappa shape index (κ2) is 6.10. The van der Waals surface area contributed by atoms with Gasteiger partial charge in [-0.15, -0.1) is 0 Å². The molecule has 0 aliphatic heterocycles. The van der Waals surface area contributed by atoms with Crippen molar-refractivity contribution in [3.8, 4) is 0 Å². The van der Waals surface area contributed by atoms with E-state index in [1.807, 2.05) is 6.92 Å². The Bertz CT molecular complexity index is 551. The molecule has 5 nitrogen and oxygen atoms in total. The molecule has 0 bridgehead atoms. The third-order valence-corrected chi connectivity index (χ3v) is 2.43. The highest BCUT2D eigenvalue weighted by atomic mass is 19.1. The molecular formula is C13H14FN3O2. The third kappa shape index (κ3) is 3.62. The standard InChI is InChI=1S/C13H14FN3O2/c1-2-19-9-17-8-12(7-15-17)16-13(18)10-3-5-11(14)6-4-10/h3-8H,2,9H2,1H3,(H,16,18). The first-order valence-corrected chi connectivity index (χ1v) is 5.86. The van der Waals surface area contributed by atoms with Crippen LogP contribution in [0.4, 0.5) is 10.1 Å². The summed E-state index contributed by atoms with van der Waals surface area (Å²) in [7, 11) is 0. The molecule has 1 N–H and O–H groups in total. The van der Waals surface area contributed by atoms with Crippen LogP contribution in [0.5, 0.6) is 0 Å². The van der Waals surface area contributed by atoms with Gasteiger partial charge in [-0.05, 0) is 31.2 Å². The van der Waals surface area contributed by atoms with Gasteiger partial charge in [-0.25, -0.2) is 9.07 Å². The maximum atomic E-state index is 12.7. The molecule has 0 radical (unpaired) electrons. The van der Waals surface area contributed by atoms with Crippen molar-refractivity contribution in [1.29, 1.82) is 0 Å². The van der Waals surface area contributed by atoms with Crippen molar-refractivity contribution in [2.75, 3.05) is 11.9 Å². The summed E-state index contributed by atoms with van der Waals surface area (Å²) in [6.07, 6.45) is 3.19. The van der Waals surface area contributed by atoms with Gasteiger partial charge in [0.05, 0.1) is 18.1 Å². The molecule has 1 aromatic carbocycles. The second-order valence-corrected chi connectivity index (χ2v) is 3.85. The van der Waals surface area contributed by atoms with E-state index in [0.717, 1.165) is 0 Å². The van der Waals surface area contributed by atoms with Crippen LogP contribution < -0.4 is 5.32 Å². The van der Waals surface area contributed by atoms with Crippen LogP contribution in [0.15, 0.2) is 36.7 Å². The molecule has 0 saturated heterocycles. The van der Waals surface area contributed by atoms with Crippen LogP contribution >= 0.6 is 0 Å². The Morgan fingerprint density at radius 2 is 2.16 bits per heavy atom. The van der Waals surface area contributed by atoms with Gasteiger partial charge in [0.25, 0.3) is 5.91 Å². The summed E-state index contributed by atoms with van der Waals surface area (Å²) in [5, 5.41) is 6.71. The first kappa shape index (κ1) is 13.2. The molecule has 19 heavy (non-hydrogen) atoms. The van der Waals surface area contributed by atoms with Crippen LogP contribution in [0.25, 0.3) is 0 Å². The summed E-state index contributed by atoms with van der Waals surface area (Å²) in [6, 6.07) is 5.34. The largest absolute Gasteiger partial charge is 0.360 e. The van der Waals surface area contributed by atoms with Crippen molar-refractivity contribution in [3.63, 3.8) is 0 Å². The van der Waals surface area contributed by atoms with E-state index in [-0.39, 0.29) is 11.7 Å². The molecule has 0 aliphatic rings. The van der Waals surface area contributed by atoms with Crippen molar-refractivity contribution < 1.29 is 13.9 Å². The van der Waals surface area contributed by atoms with Crippen LogP contribution in [0, 0.1) is 5.82 Å². The number of carbonyl (C=O) groups excluding carboxylic acids is 1. The van der Waals surface area contributed by atoms with Gasteiger partial charge in [0, 0.05) is 12.2 Å². The zero-order chi connectivity index (χ0) is 13.7. The fourth-order valence-corrected chi connectivity index (χ4v) is 1.49. The fraction of sp³-hybridized carbons (Fsp3) is 0.231. The van der Waals surface area contributed by atoms with Gasteiger partial charge < -0.3 is 10.1 Å². The summed E-state index contributed by atoms with van der Waals surface area (Å²) in [5.74, 6) is -0.683. The molecule has 1 amide bonds. The number of nitrogens with one attached hydrogen (secondary N) is 1. The first-order valence-electron chi connectivity index (χ1n) is 5.86. The average molecular weight is 263 g/mol. The monoisotopic (exact) mass is 263 g/mol. The van der Waals surface area contributed by atoms with E-state index in [0.29, 0.717) is 24.6 Å². The maximum Gasteiger partial charge on any atom is 0.255 e. The Morgan fingerprint density at radius 3 is 2.84 bits per heavy atom. The van der Waals surface area contributed by atoms with Crippen LogP contribution in [-0.4, -0.2) is 22.3 Å². The van der Waals surface area contributed by atoms with E-state index in [1.165, 1.54) is 30.5 Å². The lowest BCUT2D eigenvalue weighted by atomic mass is 10.2. The lowest BCUT2D eigenvalue weighted by Gasteiger charge is -2.02. The quantitative estimate of drug-likeness (QED) is 0.900. The smallest absolute Gasteiger partial charge is 0.255 e. The van der Waals surface area contributed by atoms with Gasteiger partial charge in [0.1, 0.15) is 12.5 Å². The number of anilines is 1. The molecule has 2 aromatic rings. The Balaban J connectivity index is 1.98. The Labute approximate surface area is 110 Å². The Morgan fingerprint density at radius 1 is 1.42 bits per heavy atom. The van der Waals surface area contributed by atoms with Gasteiger partial charge in [-0.1, -0.05) is 0 Å². The number of carbonyl (C=O) groups is 1. The summed E-state index contributed by atoms with van der Waals surface area (Å²) in [6.45, 7) is 2.82. The number of nitrogens with zero attached hydrogens (tertiary/aromatic N) is 2. The Hall–Kier alpha value is -2.21. The number of rotatable bonds is 5. The number of ether oxygens (including phenoxy) is 1. The first-order chi connectivity index (χ1) is 9.19. The van der Waals surface area contributed by atoms with Gasteiger partial charge in [-0.3, -0.25) is 4.79 Å². The molecule has 0 atom stereocenters. The van der Waals surface area contributed by atoms with E-state index in [1.54, 1.807) is 10.9 Å². The molecule has 0 aliphatic carbocycles. The molecule has 1 aromatic heterocycles. The molecule has 6 heteroatoms. The topological polar surface area (TPSA) is 56.1 Å². The third-order valence-electron chi connectivity index (χ3n) is 2.43. The summed E-state index contributed by atoms with van der Waals surface area (Å²) < 4.78 is 19.5. The number of halogens is 1.